The first-order chi connectivity index (χ1) is 13.9. The molecule has 29 heavy (non-hydrogen) atoms. The molecule has 0 radical (unpaired) electrons. The van der Waals surface area contributed by atoms with E-state index in [1.807, 2.05) is 0 Å². The molecule has 0 bridgehead atoms. The van der Waals surface area contributed by atoms with Gasteiger partial charge < -0.3 is 10.2 Å². The van der Waals surface area contributed by atoms with Crippen LogP contribution in [0, 0.1) is 0 Å². The molecule has 0 spiro atoms. The Morgan fingerprint density at radius 2 is 1.72 bits per heavy atom. The van der Waals surface area contributed by atoms with Gasteiger partial charge in [-0.2, -0.15) is 0 Å². The number of para-hydroxylation sites is 1. The van der Waals surface area contributed by atoms with E-state index >= 15 is 0 Å². The lowest BCUT2D eigenvalue weighted by molar-refractivity contribution is -0.122. The Balaban J connectivity index is 1.85. The van der Waals surface area contributed by atoms with E-state index in [-0.39, 0.29) is 30.1 Å². The Bertz CT molecular complexity index is 982. The van der Waals surface area contributed by atoms with Gasteiger partial charge in [-0.05, 0) is 46.0 Å². The third kappa shape index (κ3) is 4.29. The monoisotopic (exact) mass is 400 g/mol. The minimum atomic E-state index is -0.442. The average Bonchev–Trinajstić information content (AvgIpc) is 2.97. The van der Waals surface area contributed by atoms with Crippen molar-refractivity contribution in [3.05, 3.63) is 45.1 Å². The molecule has 1 aliphatic rings. The number of aromatic nitrogens is 2. The quantitative estimate of drug-likeness (QED) is 0.752. The van der Waals surface area contributed by atoms with Gasteiger partial charge in [-0.25, -0.2) is 4.79 Å². The second-order valence-corrected chi connectivity index (χ2v) is 8.24. The fourth-order valence-corrected chi connectivity index (χ4v) is 4.43. The van der Waals surface area contributed by atoms with Crippen molar-refractivity contribution in [1.82, 2.24) is 19.4 Å². The number of nitrogens with zero attached hydrogens (tertiary/aromatic N) is 3. The Kier molecular flexibility index (Phi) is 6.57. The lowest BCUT2D eigenvalue weighted by atomic mass is 9.88. The van der Waals surface area contributed by atoms with Crippen molar-refractivity contribution in [2.24, 2.45) is 0 Å². The van der Waals surface area contributed by atoms with Gasteiger partial charge in [0.05, 0.1) is 10.9 Å². The second kappa shape index (κ2) is 8.95. The van der Waals surface area contributed by atoms with Crippen LogP contribution in [0.4, 0.5) is 0 Å². The summed E-state index contributed by atoms with van der Waals surface area (Å²) in [5, 5.41) is 3.52. The lowest BCUT2D eigenvalue weighted by Crippen LogP contribution is -2.53. The molecule has 7 heteroatoms. The number of carbonyl (C=O) groups excluding carboxylic acids is 1. The van der Waals surface area contributed by atoms with E-state index in [0.717, 1.165) is 12.8 Å². The number of carbonyl (C=O) groups is 1. The summed E-state index contributed by atoms with van der Waals surface area (Å²) < 4.78 is 2.59. The van der Waals surface area contributed by atoms with Crippen LogP contribution in [0.5, 0.6) is 0 Å². The van der Waals surface area contributed by atoms with E-state index in [0.29, 0.717) is 17.4 Å². The highest BCUT2D eigenvalue weighted by Gasteiger charge is 2.33. The first-order valence-corrected chi connectivity index (χ1v) is 10.6. The molecule has 0 saturated heterocycles. The minimum absolute atomic E-state index is 0.0403. The maximum atomic E-state index is 12.8. The fourth-order valence-electron chi connectivity index (χ4n) is 4.43. The molecule has 1 saturated carbocycles. The van der Waals surface area contributed by atoms with Crippen molar-refractivity contribution >= 4 is 16.8 Å². The number of rotatable bonds is 6. The normalized spacial score (nSPS) is 16.7. The number of hydrogen-bond acceptors (Lipinski definition) is 4. The highest BCUT2D eigenvalue weighted by Crippen LogP contribution is 2.30. The van der Waals surface area contributed by atoms with Gasteiger partial charge in [0.25, 0.3) is 5.56 Å². The van der Waals surface area contributed by atoms with Gasteiger partial charge in [0, 0.05) is 18.6 Å². The van der Waals surface area contributed by atoms with Crippen molar-refractivity contribution in [3.63, 3.8) is 0 Å². The first kappa shape index (κ1) is 21.3. The Labute approximate surface area is 171 Å². The summed E-state index contributed by atoms with van der Waals surface area (Å²) in [5.41, 5.74) is -0.293. The minimum Gasteiger partial charge on any atom is -0.353 e. The largest absolute Gasteiger partial charge is 0.353 e. The number of likely N-dealkylation sites (N-methyl/N-ethyl adjacent to an activating group) is 1. The van der Waals surface area contributed by atoms with Gasteiger partial charge in [0.1, 0.15) is 6.54 Å². The zero-order valence-corrected chi connectivity index (χ0v) is 17.7. The van der Waals surface area contributed by atoms with Crippen molar-refractivity contribution in [2.45, 2.75) is 64.1 Å². The highest BCUT2D eigenvalue weighted by atomic mass is 16.2. The third-order valence-electron chi connectivity index (χ3n) is 6.35. The molecule has 1 fully saturated rings. The van der Waals surface area contributed by atoms with Crippen LogP contribution in [-0.2, 0) is 17.9 Å². The average molecular weight is 401 g/mol. The van der Waals surface area contributed by atoms with Crippen LogP contribution in [-0.4, -0.2) is 46.1 Å². The summed E-state index contributed by atoms with van der Waals surface area (Å²) in [6.45, 7) is 2.50. The predicted molar refractivity (Wildman–Crippen MR) is 115 cm³/mol. The van der Waals surface area contributed by atoms with Crippen LogP contribution in [0.25, 0.3) is 10.9 Å². The van der Waals surface area contributed by atoms with Crippen molar-refractivity contribution in [1.29, 1.82) is 0 Å². The lowest BCUT2D eigenvalue weighted by Gasteiger charge is -2.39. The van der Waals surface area contributed by atoms with Gasteiger partial charge in [-0.3, -0.25) is 18.7 Å². The smallest absolute Gasteiger partial charge is 0.331 e. The molecule has 1 aromatic carbocycles. The van der Waals surface area contributed by atoms with E-state index in [1.165, 1.54) is 34.8 Å². The topological polar surface area (TPSA) is 76.3 Å². The van der Waals surface area contributed by atoms with Crippen molar-refractivity contribution in [2.75, 3.05) is 20.6 Å². The van der Waals surface area contributed by atoms with Crippen LogP contribution < -0.4 is 16.6 Å². The van der Waals surface area contributed by atoms with Crippen LogP contribution in [0.15, 0.2) is 33.9 Å². The standard InChI is InChI=1S/C22H32N4O3/c1-4-25-20(28)17-11-7-8-12-18(17)26(21(25)29)15-19(27)23-16-22(24(2)3)13-9-5-6-10-14-22/h7-8,11-12H,4-6,9-10,13-16H2,1-3H3,(H,23,27). The van der Waals surface area contributed by atoms with Gasteiger partial charge in [-0.1, -0.05) is 37.8 Å². The highest BCUT2D eigenvalue weighted by molar-refractivity contribution is 5.81. The van der Waals surface area contributed by atoms with Gasteiger partial charge in [-0.15, -0.1) is 0 Å². The molecular weight excluding hydrogens is 368 g/mol. The van der Waals surface area contributed by atoms with Crippen molar-refractivity contribution < 1.29 is 4.79 Å². The van der Waals surface area contributed by atoms with E-state index in [4.69, 9.17) is 0 Å². The van der Waals surface area contributed by atoms with Gasteiger partial charge in [0.2, 0.25) is 5.91 Å². The predicted octanol–water partition coefficient (Wildman–Crippen LogP) is 1.95. The van der Waals surface area contributed by atoms with Crippen LogP contribution >= 0.6 is 0 Å². The molecule has 1 amide bonds. The summed E-state index contributed by atoms with van der Waals surface area (Å²) in [7, 11) is 4.15. The van der Waals surface area contributed by atoms with Crippen molar-refractivity contribution in [3.8, 4) is 0 Å². The third-order valence-corrected chi connectivity index (χ3v) is 6.35. The number of fused-ring (bicyclic) bond motifs is 1. The van der Waals surface area contributed by atoms with Crippen LogP contribution in [0.3, 0.4) is 0 Å². The second-order valence-electron chi connectivity index (χ2n) is 8.24. The Morgan fingerprint density at radius 3 is 2.34 bits per heavy atom. The molecular formula is C22H32N4O3. The van der Waals surface area contributed by atoms with E-state index < -0.39 is 5.69 Å². The molecule has 2 aromatic rings. The van der Waals surface area contributed by atoms with E-state index in [2.05, 4.69) is 24.3 Å². The summed E-state index contributed by atoms with van der Waals surface area (Å²) in [6.07, 6.45) is 6.93. The van der Waals surface area contributed by atoms with Gasteiger partial charge in [0.15, 0.2) is 0 Å². The Hall–Kier alpha value is -2.41. The number of nitrogens with one attached hydrogen (secondary N) is 1. The SMILES string of the molecule is CCn1c(=O)c2ccccc2n(CC(=O)NCC2(N(C)C)CCCCCC2)c1=O. The molecule has 158 valence electrons. The molecule has 0 unspecified atom stereocenters. The molecule has 1 aliphatic carbocycles. The first-order valence-electron chi connectivity index (χ1n) is 10.6. The molecule has 1 aromatic heterocycles. The van der Waals surface area contributed by atoms with E-state index in [1.54, 1.807) is 31.2 Å². The number of hydrogen-bond donors (Lipinski definition) is 1. The summed E-state index contributed by atoms with van der Waals surface area (Å²) in [4.78, 5) is 40.4. The maximum absolute atomic E-state index is 12.8. The number of benzene rings is 1. The van der Waals surface area contributed by atoms with Crippen LogP contribution in [0.1, 0.15) is 45.4 Å². The van der Waals surface area contributed by atoms with E-state index in [9.17, 15) is 14.4 Å². The Morgan fingerprint density at radius 1 is 1.07 bits per heavy atom. The molecule has 1 heterocycles. The maximum Gasteiger partial charge on any atom is 0.331 e. The summed E-state index contributed by atoms with van der Waals surface area (Å²) >= 11 is 0. The zero-order valence-electron chi connectivity index (χ0n) is 17.7. The van der Waals surface area contributed by atoms with Gasteiger partial charge >= 0.3 is 5.69 Å². The summed E-state index contributed by atoms with van der Waals surface area (Å²) in [5.74, 6) is -0.205. The summed E-state index contributed by atoms with van der Waals surface area (Å²) in [6, 6.07) is 6.96. The molecule has 3 rings (SSSR count). The fraction of sp³-hybridized carbons (Fsp3) is 0.591. The molecule has 0 aliphatic heterocycles. The zero-order chi connectivity index (χ0) is 21.0. The number of amides is 1. The molecule has 7 nitrogen and oxygen atoms in total. The molecule has 0 atom stereocenters. The molecule has 1 N–H and O–H groups in total. The van der Waals surface area contributed by atoms with Crippen LogP contribution in [0.2, 0.25) is 0 Å².